The molecule has 1 saturated carbocycles. The lowest BCUT2D eigenvalue weighted by Gasteiger charge is -2.14. The Labute approximate surface area is 241 Å². The van der Waals surface area contributed by atoms with Crippen molar-refractivity contribution in [3.8, 4) is 16.9 Å². The molecule has 3 heterocycles. The molecule has 13 nitrogen and oxygen atoms in total. The fraction of sp³-hybridized carbons (Fsp3) is 0.276. The second-order valence-electron chi connectivity index (χ2n) is 11.4. The van der Waals surface area contributed by atoms with E-state index in [-0.39, 0.29) is 11.1 Å². The number of carbonyl (C=O) groups excluding carboxylic acids is 1. The van der Waals surface area contributed by atoms with Gasteiger partial charge in [0.25, 0.3) is 5.69 Å². The zero-order chi connectivity index (χ0) is 29.6. The number of hydrogen-bond donors (Lipinski definition) is 3. The number of fused-ring (bicyclic) bond motifs is 1. The van der Waals surface area contributed by atoms with Gasteiger partial charge in [-0.1, -0.05) is 26.8 Å². The fourth-order valence-electron chi connectivity index (χ4n) is 4.58. The second-order valence-corrected chi connectivity index (χ2v) is 11.4. The standard InChI is InChI=1S/C29H30N10O3/c1-17-13-19(7-12-22(17)23-15-30-26(33-18-5-6-18)27-31-16-32-38(23)27)34-28(40)35-25-14-24(29(2,3)4)36-37(25)20-8-10-21(11-9-20)39(41)42/h7-16,18H,5-6H2,1-4H3,(H,30,33)(H2,34,35,40). The number of urea groups is 1. The molecule has 6 rings (SSSR count). The minimum Gasteiger partial charge on any atom is -0.364 e. The Balaban J connectivity index is 1.23. The van der Waals surface area contributed by atoms with Gasteiger partial charge in [-0.3, -0.25) is 15.4 Å². The van der Waals surface area contributed by atoms with Crippen LogP contribution in [0.25, 0.3) is 22.6 Å². The number of aryl methyl sites for hydroxylation is 1. The van der Waals surface area contributed by atoms with Crippen LogP contribution >= 0.6 is 0 Å². The van der Waals surface area contributed by atoms with Gasteiger partial charge in [0, 0.05) is 40.9 Å². The largest absolute Gasteiger partial charge is 0.364 e. The zero-order valence-electron chi connectivity index (χ0n) is 23.6. The predicted octanol–water partition coefficient (Wildman–Crippen LogP) is 5.71. The monoisotopic (exact) mass is 566 g/mol. The first-order valence-corrected chi connectivity index (χ1v) is 13.6. The van der Waals surface area contributed by atoms with Crippen molar-refractivity contribution in [1.29, 1.82) is 0 Å². The maximum atomic E-state index is 13.1. The minimum absolute atomic E-state index is 0.0285. The Morgan fingerprint density at radius 3 is 2.48 bits per heavy atom. The van der Waals surface area contributed by atoms with Crippen LogP contribution < -0.4 is 16.0 Å². The van der Waals surface area contributed by atoms with Crippen LogP contribution in [0.15, 0.2) is 61.1 Å². The van der Waals surface area contributed by atoms with Crippen LogP contribution in [-0.4, -0.2) is 46.4 Å². The van der Waals surface area contributed by atoms with Crippen molar-refractivity contribution in [2.24, 2.45) is 0 Å². The number of nitrogens with zero attached hydrogens (tertiary/aromatic N) is 7. The molecule has 0 radical (unpaired) electrons. The average Bonchev–Trinajstić information content (AvgIpc) is 3.43. The number of anilines is 3. The molecule has 0 aliphatic heterocycles. The van der Waals surface area contributed by atoms with E-state index >= 15 is 0 Å². The van der Waals surface area contributed by atoms with Crippen LogP contribution in [-0.2, 0) is 5.41 Å². The number of rotatable bonds is 7. The van der Waals surface area contributed by atoms with Crippen molar-refractivity contribution >= 4 is 34.7 Å². The summed E-state index contributed by atoms with van der Waals surface area (Å²) in [5, 5.41) is 29.3. The van der Waals surface area contributed by atoms with Crippen LogP contribution in [0.1, 0.15) is 44.9 Å². The van der Waals surface area contributed by atoms with Gasteiger partial charge in [0.15, 0.2) is 11.5 Å². The number of amides is 2. The highest BCUT2D eigenvalue weighted by molar-refractivity contribution is 5.99. The number of carbonyl (C=O) groups is 1. The van der Waals surface area contributed by atoms with Gasteiger partial charge in [-0.2, -0.15) is 10.2 Å². The van der Waals surface area contributed by atoms with E-state index in [1.54, 1.807) is 33.6 Å². The number of aromatic nitrogens is 6. The van der Waals surface area contributed by atoms with Crippen molar-refractivity contribution in [3.63, 3.8) is 0 Å². The van der Waals surface area contributed by atoms with Crippen LogP contribution in [0.3, 0.4) is 0 Å². The molecular weight excluding hydrogens is 536 g/mol. The number of nitro groups is 1. The van der Waals surface area contributed by atoms with E-state index in [0.29, 0.717) is 34.7 Å². The Morgan fingerprint density at radius 1 is 1.05 bits per heavy atom. The third-order valence-electron chi connectivity index (χ3n) is 7.01. The van der Waals surface area contributed by atoms with Crippen molar-refractivity contribution in [3.05, 3.63) is 82.4 Å². The number of nitro benzene ring substituents is 1. The Hall–Kier alpha value is -5.33. The Morgan fingerprint density at radius 2 is 1.81 bits per heavy atom. The molecule has 0 unspecified atom stereocenters. The molecule has 0 saturated heterocycles. The quantitative estimate of drug-likeness (QED) is 0.167. The third kappa shape index (κ3) is 5.36. The highest BCUT2D eigenvalue weighted by atomic mass is 16.6. The van der Waals surface area contributed by atoms with E-state index in [0.717, 1.165) is 35.4 Å². The molecule has 0 bridgehead atoms. The second kappa shape index (κ2) is 10.3. The molecule has 13 heteroatoms. The van der Waals surface area contributed by atoms with E-state index in [1.165, 1.54) is 18.5 Å². The van der Waals surface area contributed by atoms with Crippen LogP contribution in [0.4, 0.5) is 27.8 Å². The lowest BCUT2D eigenvalue weighted by molar-refractivity contribution is -0.384. The predicted molar refractivity (Wildman–Crippen MR) is 159 cm³/mol. The maximum absolute atomic E-state index is 13.1. The lowest BCUT2D eigenvalue weighted by atomic mass is 9.92. The van der Waals surface area contributed by atoms with Crippen LogP contribution in [0.5, 0.6) is 0 Å². The first kappa shape index (κ1) is 26.9. The highest BCUT2D eigenvalue weighted by Gasteiger charge is 2.24. The average molecular weight is 567 g/mol. The molecule has 2 aromatic carbocycles. The summed E-state index contributed by atoms with van der Waals surface area (Å²) < 4.78 is 3.34. The molecule has 1 aliphatic carbocycles. The molecule has 42 heavy (non-hydrogen) atoms. The molecule has 214 valence electrons. The Kier molecular flexibility index (Phi) is 6.56. The van der Waals surface area contributed by atoms with Gasteiger partial charge < -0.3 is 10.6 Å². The van der Waals surface area contributed by atoms with Gasteiger partial charge in [-0.05, 0) is 49.6 Å². The summed E-state index contributed by atoms with van der Waals surface area (Å²) in [7, 11) is 0. The minimum atomic E-state index is -0.459. The number of nitrogens with one attached hydrogen (secondary N) is 3. The molecule has 0 atom stereocenters. The smallest absolute Gasteiger partial charge is 0.324 e. The van der Waals surface area contributed by atoms with E-state index in [1.807, 2.05) is 45.9 Å². The maximum Gasteiger partial charge on any atom is 0.324 e. The van der Waals surface area contributed by atoms with Gasteiger partial charge in [0.1, 0.15) is 12.1 Å². The normalized spacial score (nSPS) is 13.2. The SMILES string of the molecule is Cc1cc(NC(=O)Nc2cc(C(C)(C)C)nn2-c2ccc([N+](=O)[O-])cc2)ccc1-c1cnc(NC2CC2)c2ncnn12. The van der Waals surface area contributed by atoms with Gasteiger partial charge in [0.05, 0.1) is 28.2 Å². The highest BCUT2D eigenvalue weighted by Crippen LogP contribution is 2.31. The summed E-state index contributed by atoms with van der Waals surface area (Å²) in [5.41, 5.74) is 4.90. The van der Waals surface area contributed by atoms with Crippen molar-refractivity contribution in [1.82, 2.24) is 29.4 Å². The summed E-state index contributed by atoms with van der Waals surface area (Å²) in [6.07, 6.45) is 5.55. The van der Waals surface area contributed by atoms with Gasteiger partial charge in [-0.15, -0.1) is 0 Å². The summed E-state index contributed by atoms with van der Waals surface area (Å²) in [4.78, 5) is 32.7. The molecule has 3 aromatic heterocycles. The van der Waals surface area contributed by atoms with E-state index in [4.69, 9.17) is 0 Å². The summed E-state index contributed by atoms with van der Waals surface area (Å²) in [5.74, 6) is 1.15. The van der Waals surface area contributed by atoms with Crippen LogP contribution in [0, 0.1) is 17.0 Å². The summed E-state index contributed by atoms with van der Waals surface area (Å²) in [6.45, 7) is 8.01. The lowest BCUT2D eigenvalue weighted by Crippen LogP contribution is -2.21. The van der Waals surface area contributed by atoms with Crippen molar-refractivity contribution < 1.29 is 9.72 Å². The van der Waals surface area contributed by atoms with Crippen LogP contribution in [0.2, 0.25) is 0 Å². The molecule has 5 aromatic rings. The first-order chi connectivity index (χ1) is 20.1. The Bertz CT molecular complexity index is 1810. The molecule has 1 fully saturated rings. The number of hydrogen-bond acceptors (Lipinski definition) is 8. The number of non-ortho nitro benzene ring substituents is 1. The van der Waals surface area contributed by atoms with E-state index in [9.17, 15) is 14.9 Å². The summed E-state index contributed by atoms with van der Waals surface area (Å²) >= 11 is 0. The van der Waals surface area contributed by atoms with Crippen molar-refractivity contribution in [2.45, 2.75) is 52.0 Å². The van der Waals surface area contributed by atoms with Gasteiger partial charge in [0.2, 0.25) is 0 Å². The molecule has 3 N–H and O–H groups in total. The molecule has 1 aliphatic rings. The summed E-state index contributed by atoms with van der Waals surface area (Å²) in [6, 6.07) is 13.4. The van der Waals surface area contributed by atoms with E-state index in [2.05, 4.69) is 36.1 Å². The zero-order valence-corrected chi connectivity index (χ0v) is 23.6. The first-order valence-electron chi connectivity index (χ1n) is 13.6. The van der Waals surface area contributed by atoms with E-state index < -0.39 is 11.0 Å². The molecule has 0 spiro atoms. The molecule has 2 amide bonds. The fourth-order valence-corrected chi connectivity index (χ4v) is 4.58. The third-order valence-corrected chi connectivity index (χ3v) is 7.01. The van der Waals surface area contributed by atoms with Gasteiger partial charge >= 0.3 is 6.03 Å². The van der Waals surface area contributed by atoms with Gasteiger partial charge in [-0.25, -0.2) is 24.0 Å². The number of benzene rings is 2. The topological polar surface area (TPSA) is 157 Å². The van der Waals surface area contributed by atoms with Crippen molar-refractivity contribution in [2.75, 3.05) is 16.0 Å². The molecular formula is C29H30N10O3.